The first-order chi connectivity index (χ1) is 15.3. The lowest BCUT2D eigenvalue weighted by molar-refractivity contribution is -0.384. The first-order valence-electron chi connectivity index (χ1n) is 9.95. The number of non-ortho nitro benzene ring substituents is 1. The third-order valence-electron chi connectivity index (χ3n) is 5.46. The molecule has 2 aromatic carbocycles. The number of benzene rings is 2. The molecule has 1 saturated heterocycles. The lowest BCUT2D eigenvalue weighted by Gasteiger charge is -2.33. The highest BCUT2D eigenvalue weighted by Crippen LogP contribution is 2.21. The van der Waals surface area contributed by atoms with Crippen LogP contribution in [0, 0.1) is 21.8 Å². The molecule has 0 amide bonds. The summed E-state index contributed by atoms with van der Waals surface area (Å²) in [7, 11) is -3.71. The van der Waals surface area contributed by atoms with Crippen LogP contribution in [0.3, 0.4) is 0 Å². The number of nitrogens with zero attached hydrogens (tertiary/aromatic N) is 6. The smallest absolute Gasteiger partial charge is 0.269 e. The van der Waals surface area contributed by atoms with Crippen molar-refractivity contribution < 1.29 is 13.3 Å². The molecular formula is C20H22N6O4S2. The molecule has 3 aromatic rings. The minimum atomic E-state index is -3.71. The van der Waals surface area contributed by atoms with Gasteiger partial charge < -0.3 is 0 Å². The van der Waals surface area contributed by atoms with Gasteiger partial charge in [-0.15, -0.1) is 0 Å². The zero-order chi connectivity index (χ0) is 22.9. The van der Waals surface area contributed by atoms with Crippen LogP contribution in [0.25, 0.3) is 5.69 Å². The molecule has 10 nitrogen and oxygen atoms in total. The third kappa shape index (κ3) is 4.35. The van der Waals surface area contributed by atoms with Gasteiger partial charge in [-0.1, -0.05) is 18.2 Å². The fourth-order valence-corrected chi connectivity index (χ4v) is 5.30. The molecule has 0 spiro atoms. The second kappa shape index (κ2) is 8.90. The van der Waals surface area contributed by atoms with E-state index in [1.807, 2.05) is 35.8 Å². The number of hydrogen-bond acceptors (Lipinski definition) is 7. The zero-order valence-corrected chi connectivity index (χ0v) is 19.0. The number of para-hydroxylation sites is 1. The Balaban J connectivity index is 1.42. The van der Waals surface area contributed by atoms with Gasteiger partial charge in [0.2, 0.25) is 14.8 Å². The molecule has 1 aromatic heterocycles. The number of aryl methyl sites for hydroxylation is 1. The van der Waals surface area contributed by atoms with Crippen molar-refractivity contribution in [3.8, 4) is 5.69 Å². The molecule has 1 aliphatic rings. The highest BCUT2D eigenvalue weighted by atomic mass is 32.2. The number of nitro benzene ring substituents is 1. The Hall–Kier alpha value is -2.93. The van der Waals surface area contributed by atoms with E-state index in [2.05, 4.69) is 10.00 Å². The van der Waals surface area contributed by atoms with E-state index in [-0.39, 0.29) is 10.6 Å². The van der Waals surface area contributed by atoms with Crippen LogP contribution < -0.4 is 0 Å². The Morgan fingerprint density at radius 1 is 1.06 bits per heavy atom. The molecule has 1 aliphatic heterocycles. The maximum atomic E-state index is 12.9. The van der Waals surface area contributed by atoms with Gasteiger partial charge in [0.15, 0.2) is 0 Å². The molecule has 2 heterocycles. The van der Waals surface area contributed by atoms with Gasteiger partial charge in [-0.25, -0.2) is 13.1 Å². The second-order valence-corrected chi connectivity index (χ2v) is 9.79. The van der Waals surface area contributed by atoms with E-state index >= 15 is 0 Å². The molecule has 0 radical (unpaired) electrons. The highest BCUT2D eigenvalue weighted by molar-refractivity contribution is 7.89. The van der Waals surface area contributed by atoms with Crippen molar-refractivity contribution in [3.05, 3.63) is 75.3 Å². The van der Waals surface area contributed by atoms with Gasteiger partial charge >= 0.3 is 0 Å². The minimum Gasteiger partial charge on any atom is -0.282 e. The van der Waals surface area contributed by atoms with Gasteiger partial charge in [0, 0.05) is 38.3 Å². The predicted octanol–water partition coefficient (Wildman–Crippen LogP) is 2.58. The third-order valence-corrected chi connectivity index (χ3v) is 7.78. The van der Waals surface area contributed by atoms with E-state index in [0.29, 0.717) is 37.6 Å². The van der Waals surface area contributed by atoms with Crippen molar-refractivity contribution in [1.29, 1.82) is 0 Å². The topological polar surface area (TPSA) is 107 Å². The lowest BCUT2D eigenvalue weighted by atomic mass is 10.2. The van der Waals surface area contributed by atoms with Crippen molar-refractivity contribution in [1.82, 2.24) is 23.6 Å². The Morgan fingerprint density at radius 2 is 1.72 bits per heavy atom. The first kappa shape index (κ1) is 22.3. The van der Waals surface area contributed by atoms with Crippen molar-refractivity contribution in [2.45, 2.75) is 18.5 Å². The summed E-state index contributed by atoms with van der Waals surface area (Å²) in [6.07, 6.45) is 1.69. The number of hydrogen-bond donors (Lipinski definition) is 0. The number of rotatable bonds is 6. The minimum absolute atomic E-state index is 0.0516. The molecule has 0 saturated carbocycles. The average molecular weight is 475 g/mol. The van der Waals surface area contributed by atoms with E-state index in [9.17, 15) is 18.5 Å². The van der Waals surface area contributed by atoms with Gasteiger partial charge in [-0.3, -0.25) is 19.6 Å². The summed E-state index contributed by atoms with van der Waals surface area (Å²) in [6.45, 7) is 4.13. The standard InChI is InChI=1S/C20H22N6O4S2/c1-16-4-2-3-5-19(16)24-14-21-25(20(24)31)15-22-10-12-23(13-11-22)32(29,30)18-8-6-17(7-9-18)26(27)28/h2-9,14H,10-13,15H2,1H3. The SMILES string of the molecule is Cc1ccccc1-n1cnn(CN2CCN(S(=O)(=O)c3ccc([N+](=O)[O-])cc3)CC2)c1=S. The van der Waals surface area contributed by atoms with Crippen LogP contribution in [0.15, 0.2) is 59.8 Å². The molecule has 0 aliphatic carbocycles. The fraction of sp³-hybridized carbons (Fsp3) is 0.300. The van der Waals surface area contributed by atoms with E-state index in [1.54, 1.807) is 11.0 Å². The molecule has 32 heavy (non-hydrogen) atoms. The molecule has 0 bridgehead atoms. The fourth-order valence-electron chi connectivity index (χ4n) is 3.62. The summed E-state index contributed by atoms with van der Waals surface area (Å²) < 4.78 is 31.3. The second-order valence-electron chi connectivity index (χ2n) is 7.48. The van der Waals surface area contributed by atoms with Gasteiger partial charge in [-0.2, -0.15) is 9.40 Å². The predicted molar refractivity (Wildman–Crippen MR) is 121 cm³/mol. The van der Waals surface area contributed by atoms with Crippen LogP contribution in [0.4, 0.5) is 5.69 Å². The van der Waals surface area contributed by atoms with Gasteiger partial charge in [-0.05, 0) is 42.9 Å². The summed E-state index contributed by atoms with van der Waals surface area (Å²) in [6, 6.07) is 12.9. The van der Waals surface area contributed by atoms with E-state index in [1.165, 1.54) is 28.6 Å². The zero-order valence-electron chi connectivity index (χ0n) is 17.4. The lowest BCUT2D eigenvalue weighted by Crippen LogP contribution is -2.48. The number of nitro groups is 1. The van der Waals surface area contributed by atoms with Crippen LogP contribution in [0.5, 0.6) is 0 Å². The summed E-state index contributed by atoms with van der Waals surface area (Å²) >= 11 is 5.59. The van der Waals surface area contributed by atoms with Crippen LogP contribution >= 0.6 is 12.2 Å². The Labute approximate surface area is 190 Å². The maximum absolute atomic E-state index is 12.9. The average Bonchev–Trinajstić information content (AvgIpc) is 3.14. The van der Waals surface area contributed by atoms with E-state index in [4.69, 9.17) is 12.2 Å². The Kier molecular flexibility index (Phi) is 6.20. The summed E-state index contributed by atoms with van der Waals surface area (Å²) in [5, 5.41) is 15.2. The van der Waals surface area contributed by atoms with E-state index in [0.717, 1.165) is 11.3 Å². The first-order valence-corrected chi connectivity index (χ1v) is 11.8. The van der Waals surface area contributed by atoms with Crippen LogP contribution in [0.2, 0.25) is 0 Å². The number of sulfonamides is 1. The summed E-state index contributed by atoms with van der Waals surface area (Å²) in [5.74, 6) is 0. The van der Waals surface area contributed by atoms with Crippen LogP contribution in [-0.4, -0.2) is 63.1 Å². The number of aromatic nitrogens is 3. The van der Waals surface area contributed by atoms with E-state index < -0.39 is 14.9 Å². The van der Waals surface area contributed by atoms with Crippen molar-refractivity contribution >= 4 is 27.9 Å². The quantitative estimate of drug-likeness (QED) is 0.307. The van der Waals surface area contributed by atoms with Crippen molar-refractivity contribution in [3.63, 3.8) is 0 Å². The van der Waals surface area contributed by atoms with Crippen LogP contribution in [-0.2, 0) is 16.7 Å². The van der Waals surface area contributed by atoms with Crippen molar-refractivity contribution in [2.75, 3.05) is 26.2 Å². The van der Waals surface area contributed by atoms with Crippen LogP contribution in [0.1, 0.15) is 5.56 Å². The maximum Gasteiger partial charge on any atom is 0.269 e. The van der Waals surface area contributed by atoms with Crippen molar-refractivity contribution in [2.24, 2.45) is 0 Å². The van der Waals surface area contributed by atoms with Gasteiger partial charge in [0.1, 0.15) is 6.33 Å². The molecule has 4 rings (SSSR count). The Morgan fingerprint density at radius 3 is 2.34 bits per heavy atom. The molecule has 12 heteroatoms. The monoisotopic (exact) mass is 474 g/mol. The highest BCUT2D eigenvalue weighted by Gasteiger charge is 2.29. The molecule has 0 unspecified atom stereocenters. The van der Waals surface area contributed by atoms with Gasteiger partial charge in [0.25, 0.3) is 5.69 Å². The molecular weight excluding hydrogens is 452 g/mol. The molecule has 0 N–H and O–H groups in total. The number of piperazine rings is 1. The van der Waals surface area contributed by atoms with Gasteiger partial charge in [0.05, 0.1) is 22.2 Å². The largest absolute Gasteiger partial charge is 0.282 e. The molecule has 1 fully saturated rings. The molecule has 168 valence electrons. The molecule has 0 atom stereocenters. The summed E-state index contributed by atoms with van der Waals surface area (Å²) in [4.78, 5) is 12.4. The summed E-state index contributed by atoms with van der Waals surface area (Å²) in [5.41, 5.74) is 1.92. The normalized spacial score (nSPS) is 15.7. The Bertz CT molecular complexity index is 1290.